The number of nitrogens with zero attached hydrogens (tertiary/aromatic N) is 4. The summed E-state index contributed by atoms with van der Waals surface area (Å²) >= 11 is 0. The smallest absolute Gasteiger partial charge is 0.278 e. The third-order valence-electron chi connectivity index (χ3n) is 6.77. The van der Waals surface area contributed by atoms with Gasteiger partial charge < -0.3 is 15.2 Å². The first kappa shape index (κ1) is 30.3. The number of nitrogens with two attached hydrogens (primary N) is 1. The summed E-state index contributed by atoms with van der Waals surface area (Å²) in [5.41, 5.74) is 9.90. The van der Waals surface area contributed by atoms with E-state index in [-0.39, 0.29) is 17.3 Å². The highest BCUT2D eigenvalue weighted by Crippen LogP contribution is 2.19. The van der Waals surface area contributed by atoms with Crippen LogP contribution in [0.4, 0.5) is 5.95 Å². The molecule has 0 spiro atoms. The lowest BCUT2D eigenvalue weighted by Crippen LogP contribution is -2.32. The zero-order chi connectivity index (χ0) is 29.1. The monoisotopic (exact) mass is 542 g/mol. The van der Waals surface area contributed by atoms with E-state index < -0.39 is 5.91 Å². The van der Waals surface area contributed by atoms with E-state index in [0.29, 0.717) is 17.2 Å². The molecule has 0 saturated heterocycles. The molecule has 0 atom stereocenters. The molecule has 0 fully saturated rings. The van der Waals surface area contributed by atoms with Gasteiger partial charge in [-0.3, -0.25) is 14.9 Å². The highest BCUT2D eigenvalue weighted by molar-refractivity contribution is 6.13. The van der Waals surface area contributed by atoms with Crippen molar-refractivity contribution in [2.45, 2.75) is 59.3 Å². The zero-order valence-corrected chi connectivity index (χ0v) is 24.2. The minimum Gasteiger partial charge on any atom is -0.400 e. The first-order valence-corrected chi connectivity index (χ1v) is 14.1. The van der Waals surface area contributed by atoms with Crippen LogP contribution in [-0.4, -0.2) is 45.1 Å². The van der Waals surface area contributed by atoms with Gasteiger partial charge in [0.25, 0.3) is 11.8 Å². The second kappa shape index (κ2) is 14.8. The molecule has 8 nitrogen and oxygen atoms in total. The van der Waals surface area contributed by atoms with Crippen molar-refractivity contribution in [3.8, 4) is 0 Å². The van der Waals surface area contributed by atoms with Gasteiger partial charge in [0.15, 0.2) is 0 Å². The molecule has 0 bridgehead atoms. The Morgan fingerprint density at radius 1 is 1.00 bits per heavy atom. The molecule has 0 aliphatic rings. The normalized spacial score (nSPS) is 12.2. The SMILES string of the molecule is C=CC(=N/C(C(=O)Nc1nc2ccccc2n1C)=C(\C)N)c1ccc(C(=O)N(CCC)CCCCCCC)cc1. The molecule has 0 unspecified atom stereocenters. The Morgan fingerprint density at radius 3 is 2.30 bits per heavy atom. The van der Waals surface area contributed by atoms with Crippen molar-refractivity contribution in [2.24, 2.45) is 17.8 Å². The Bertz CT molecular complexity index is 1380. The topological polar surface area (TPSA) is 106 Å². The van der Waals surface area contributed by atoms with E-state index >= 15 is 0 Å². The summed E-state index contributed by atoms with van der Waals surface area (Å²) < 4.78 is 1.80. The third kappa shape index (κ3) is 7.68. The number of hydrogen-bond acceptors (Lipinski definition) is 5. The van der Waals surface area contributed by atoms with Crippen molar-refractivity contribution >= 4 is 34.5 Å². The van der Waals surface area contributed by atoms with Crippen LogP contribution < -0.4 is 11.1 Å². The number of carbonyl (C=O) groups excluding carboxylic acids is 2. The van der Waals surface area contributed by atoms with Gasteiger partial charge in [-0.2, -0.15) is 0 Å². The molecule has 212 valence electrons. The molecule has 1 heterocycles. The average Bonchev–Trinajstić information content (AvgIpc) is 3.27. The second-order valence-electron chi connectivity index (χ2n) is 9.95. The molecule has 0 saturated carbocycles. The first-order chi connectivity index (χ1) is 19.3. The molecule has 3 rings (SSSR count). The van der Waals surface area contributed by atoms with Crippen LogP contribution in [0, 0.1) is 0 Å². The maximum atomic E-state index is 13.2. The molecule has 1 aromatic heterocycles. The van der Waals surface area contributed by atoms with E-state index in [9.17, 15) is 9.59 Å². The summed E-state index contributed by atoms with van der Waals surface area (Å²) in [7, 11) is 1.83. The number of aryl methyl sites for hydroxylation is 1. The van der Waals surface area contributed by atoms with Gasteiger partial charge in [0.1, 0.15) is 5.70 Å². The largest absolute Gasteiger partial charge is 0.400 e. The number of aliphatic imine (C=N–C) groups is 1. The van der Waals surface area contributed by atoms with Crippen molar-refractivity contribution in [2.75, 3.05) is 18.4 Å². The van der Waals surface area contributed by atoms with Crippen LogP contribution in [0.5, 0.6) is 0 Å². The summed E-state index contributed by atoms with van der Waals surface area (Å²) in [5.74, 6) is -0.0509. The molecule has 2 aromatic carbocycles. The Balaban J connectivity index is 1.77. The highest BCUT2D eigenvalue weighted by Gasteiger charge is 2.18. The summed E-state index contributed by atoms with van der Waals surface area (Å²) in [6.07, 6.45) is 8.28. The van der Waals surface area contributed by atoms with Crippen LogP contribution in [0.3, 0.4) is 0 Å². The van der Waals surface area contributed by atoms with Gasteiger partial charge in [-0.15, -0.1) is 0 Å². The fourth-order valence-electron chi connectivity index (χ4n) is 4.54. The molecule has 0 radical (unpaired) electrons. The summed E-state index contributed by atoms with van der Waals surface area (Å²) in [6, 6.07) is 14.9. The lowest BCUT2D eigenvalue weighted by atomic mass is 10.1. The molecule has 3 aromatic rings. The quantitative estimate of drug-likeness (QED) is 0.144. The number of allylic oxidation sites excluding steroid dienone is 2. The van der Waals surface area contributed by atoms with Crippen molar-refractivity contribution in [3.05, 3.63) is 83.7 Å². The lowest BCUT2D eigenvalue weighted by molar-refractivity contribution is -0.113. The minimum absolute atomic E-state index is 0.0289. The van der Waals surface area contributed by atoms with E-state index in [1.54, 1.807) is 29.7 Å². The van der Waals surface area contributed by atoms with Crippen molar-refractivity contribution in [3.63, 3.8) is 0 Å². The van der Waals surface area contributed by atoms with E-state index in [4.69, 9.17) is 5.73 Å². The molecule has 2 amide bonds. The Labute approximate surface area is 237 Å². The summed E-state index contributed by atoms with van der Waals surface area (Å²) in [6.45, 7) is 11.3. The number of amides is 2. The molecule has 0 aliphatic carbocycles. The van der Waals surface area contributed by atoms with Crippen molar-refractivity contribution in [1.29, 1.82) is 0 Å². The van der Waals surface area contributed by atoms with Crippen LogP contribution in [0.1, 0.15) is 75.2 Å². The maximum absolute atomic E-state index is 13.2. The van der Waals surface area contributed by atoms with Crippen molar-refractivity contribution < 1.29 is 9.59 Å². The van der Waals surface area contributed by atoms with Crippen LogP contribution in [0.2, 0.25) is 0 Å². The molecule has 8 heteroatoms. The van der Waals surface area contributed by atoms with Gasteiger partial charge in [-0.25, -0.2) is 9.98 Å². The molecular weight excluding hydrogens is 500 g/mol. The fourth-order valence-corrected chi connectivity index (χ4v) is 4.54. The molecule has 0 aliphatic heterocycles. The lowest BCUT2D eigenvalue weighted by Gasteiger charge is -2.22. The Kier molecular flexibility index (Phi) is 11.2. The average molecular weight is 543 g/mol. The number of aromatic nitrogens is 2. The minimum atomic E-state index is -0.473. The van der Waals surface area contributed by atoms with Gasteiger partial charge >= 0.3 is 0 Å². The highest BCUT2D eigenvalue weighted by atomic mass is 16.2. The Hall–Kier alpha value is -4.20. The molecule has 40 heavy (non-hydrogen) atoms. The Morgan fingerprint density at radius 2 is 1.68 bits per heavy atom. The van der Waals surface area contributed by atoms with Crippen LogP contribution in [0.25, 0.3) is 11.0 Å². The summed E-state index contributed by atoms with van der Waals surface area (Å²) in [4.78, 5) is 37.4. The summed E-state index contributed by atoms with van der Waals surface area (Å²) in [5, 5.41) is 2.82. The number of anilines is 1. The molecular formula is C32H42N6O2. The number of carbonyl (C=O) groups is 2. The fraction of sp³-hybridized carbons (Fsp3) is 0.375. The number of nitrogens with one attached hydrogen (secondary N) is 1. The first-order valence-electron chi connectivity index (χ1n) is 14.1. The number of rotatable bonds is 14. The van der Waals surface area contributed by atoms with Crippen LogP contribution in [-0.2, 0) is 11.8 Å². The number of fused-ring (bicyclic) bond motifs is 1. The predicted molar refractivity (Wildman–Crippen MR) is 164 cm³/mol. The maximum Gasteiger partial charge on any atom is 0.278 e. The second-order valence-corrected chi connectivity index (χ2v) is 9.95. The standard InChI is InChI=1S/C32H42N6O2/c1-6-9-10-11-14-22-38(21-7-2)31(40)25-19-17-24(18-20-25)26(8-3)34-29(23(4)33)30(39)36-32-35-27-15-12-13-16-28(27)37(32)5/h8,12-13,15-20H,3,6-7,9-11,14,21-22,33H2,1-2,4-5H3,(H,35,36,39)/b29-23+,34-26?. The predicted octanol–water partition coefficient (Wildman–Crippen LogP) is 6.20. The number of hydrogen-bond donors (Lipinski definition) is 2. The van der Waals surface area contributed by atoms with Crippen LogP contribution >= 0.6 is 0 Å². The van der Waals surface area contributed by atoms with Crippen LogP contribution in [0.15, 0.2) is 77.6 Å². The van der Waals surface area contributed by atoms with Gasteiger partial charge in [-0.1, -0.05) is 70.4 Å². The van der Waals surface area contributed by atoms with Gasteiger partial charge in [-0.05, 0) is 50.1 Å². The van der Waals surface area contributed by atoms with E-state index in [1.807, 2.05) is 48.3 Å². The number of imidazole rings is 1. The van der Waals surface area contributed by atoms with E-state index in [0.717, 1.165) is 48.9 Å². The van der Waals surface area contributed by atoms with E-state index in [2.05, 4.69) is 35.7 Å². The number of benzene rings is 2. The van der Waals surface area contributed by atoms with Gasteiger partial charge in [0, 0.05) is 37.0 Å². The van der Waals surface area contributed by atoms with Gasteiger partial charge in [0.05, 0.1) is 16.7 Å². The van der Waals surface area contributed by atoms with E-state index in [1.165, 1.54) is 19.3 Å². The number of para-hydroxylation sites is 2. The molecule has 3 N–H and O–H groups in total. The van der Waals surface area contributed by atoms with Crippen molar-refractivity contribution in [1.82, 2.24) is 14.5 Å². The zero-order valence-electron chi connectivity index (χ0n) is 24.2. The third-order valence-corrected chi connectivity index (χ3v) is 6.77. The number of unbranched alkanes of at least 4 members (excludes halogenated alkanes) is 4. The van der Waals surface area contributed by atoms with Gasteiger partial charge in [0.2, 0.25) is 5.95 Å².